The molecular formula is C16H18N2O3S2. The summed E-state index contributed by atoms with van der Waals surface area (Å²) in [7, 11) is 0. The van der Waals surface area contributed by atoms with Gasteiger partial charge in [0.25, 0.3) is 5.91 Å². The minimum Gasteiger partial charge on any atom is -0.350 e. The van der Waals surface area contributed by atoms with Crippen molar-refractivity contribution in [3.05, 3.63) is 27.9 Å². The molecule has 5 nitrogen and oxygen atoms in total. The van der Waals surface area contributed by atoms with Crippen LogP contribution in [0.2, 0.25) is 0 Å². The summed E-state index contributed by atoms with van der Waals surface area (Å²) in [6.07, 6.45) is 1.78. The Morgan fingerprint density at radius 3 is 2.70 bits per heavy atom. The second-order valence-electron chi connectivity index (χ2n) is 5.79. The van der Waals surface area contributed by atoms with Gasteiger partial charge < -0.3 is 14.4 Å². The number of aromatic nitrogens is 1. The van der Waals surface area contributed by atoms with E-state index in [0.717, 1.165) is 36.5 Å². The number of amides is 1. The Balaban J connectivity index is 1.38. The van der Waals surface area contributed by atoms with Gasteiger partial charge in [-0.15, -0.1) is 11.3 Å². The fourth-order valence-corrected chi connectivity index (χ4v) is 4.58. The first-order valence-electron chi connectivity index (χ1n) is 7.82. The second kappa shape index (κ2) is 6.68. The summed E-state index contributed by atoms with van der Waals surface area (Å²) in [6.45, 7) is 2.87. The van der Waals surface area contributed by atoms with Crippen molar-refractivity contribution >= 4 is 28.6 Å². The van der Waals surface area contributed by atoms with Gasteiger partial charge in [-0.1, -0.05) is 0 Å². The van der Waals surface area contributed by atoms with E-state index < -0.39 is 0 Å². The molecule has 2 saturated heterocycles. The smallest absolute Gasteiger partial charge is 0.273 e. The predicted molar refractivity (Wildman–Crippen MR) is 89.7 cm³/mol. The molecule has 0 aliphatic carbocycles. The lowest BCUT2D eigenvalue weighted by molar-refractivity contribution is -0.0956. The number of nitrogens with zero attached hydrogens (tertiary/aromatic N) is 2. The van der Waals surface area contributed by atoms with Gasteiger partial charge in [-0.3, -0.25) is 4.79 Å². The summed E-state index contributed by atoms with van der Waals surface area (Å²) >= 11 is 3.17. The van der Waals surface area contributed by atoms with Crippen molar-refractivity contribution in [1.29, 1.82) is 0 Å². The number of ether oxygens (including phenoxy) is 2. The molecule has 1 amide bonds. The van der Waals surface area contributed by atoms with Crippen molar-refractivity contribution in [2.45, 2.75) is 19.1 Å². The molecule has 2 aliphatic rings. The summed E-state index contributed by atoms with van der Waals surface area (Å²) in [5, 5.41) is 6.86. The van der Waals surface area contributed by atoms with E-state index in [1.54, 1.807) is 11.3 Å². The quantitative estimate of drug-likeness (QED) is 0.853. The zero-order valence-corrected chi connectivity index (χ0v) is 14.3. The van der Waals surface area contributed by atoms with Gasteiger partial charge in [0, 0.05) is 35.3 Å². The normalized spacial score (nSPS) is 20.3. The molecule has 7 heteroatoms. The van der Waals surface area contributed by atoms with Crippen LogP contribution in [0.4, 0.5) is 0 Å². The molecule has 2 aromatic rings. The van der Waals surface area contributed by atoms with E-state index in [9.17, 15) is 4.79 Å². The number of rotatable bonds is 3. The van der Waals surface area contributed by atoms with Gasteiger partial charge >= 0.3 is 0 Å². The first-order chi connectivity index (χ1) is 11.3. The molecule has 0 radical (unpaired) electrons. The summed E-state index contributed by atoms with van der Waals surface area (Å²) in [4.78, 5) is 19.0. The lowest BCUT2D eigenvalue weighted by Crippen LogP contribution is -2.41. The van der Waals surface area contributed by atoms with Crippen molar-refractivity contribution in [3.63, 3.8) is 0 Å². The number of hydrogen-bond donors (Lipinski definition) is 0. The van der Waals surface area contributed by atoms with Gasteiger partial charge in [0.2, 0.25) is 0 Å². The Morgan fingerprint density at radius 1 is 1.22 bits per heavy atom. The second-order valence-corrected chi connectivity index (χ2v) is 7.43. The van der Waals surface area contributed by atoms with Gasteiger partial charge in [-0.25, -0.2) is 4.98 Å². The van der Waals surface area contributed by atoms with E-state index >= 15 is 0 Å². The average molecular weight is 350 g/mol. The van der Waals surface area contributed by atoms with Crippen LogP contribution in [-0.2, 0) is 9.47 Å². The van der Waals surface area contributed by atoms with Crippen LogP contribution in [0.25, 0.3) is 10.6 Å². The Morgan fingerprint density at radius 2 is 2.00 bits per heavy atom. The van der Waals surface area contributed by atoms with E-state index in [2.05, 4.69) is 10.4 Å². The zero-order valence-electron chi connectivity index (χ0n) is 12.6. The fourth-order valence-electron chi connectivity index (χ4n) is 3.08. The molecule has 122 valence electrons. The highest BCUT2D eigenvalue weighted by molar-refractivity contribution is 7.14. The molecule has 23 heavy (non-hydrogen) atoms. The molecule has 2 fully saturated rings. The predicted octanol–water partition coefficient (Wildman–Crippen LogP) is 3.10. The lowest BCUT2D eigenvalue weighted by atomic mass is 9.96. The summed E-state index contributed by atoms with van der Waals surface area (Å²) in [5.74, 6) is 0.438. The number of thiophene rings is 1. The maximum atomic E-state index is 12.6. The molecule has 0 saturated carbocycles. The molecule has 2 aliphatic heterocycles. The highest BCUT2D eigenvalue weighted by atomic mass is 32.1. The number of hydrogen-bond acceptors (Lipinski definition) is 6. The van der Waals surface area contributed by atoms with Crippen LogP contribution in [0.1, 0.15) is 23.3 Å². The van der Waals surface area contributed by atoms with Crippen LogP contribution in [0.5, 0.6) is 0 Å². The number of carbonyl (C=O) groups is 1. The van der Waals surface area contributed by atoms with E-state index in [1.807, 2.05) is 21.7 Å². The Kier molecular flexibility index (Phi) is 4.43. The maximum Gasteiger partial charge on any atom is 0.273 e. The van der Waals surface area contributed by atoms with Crippen molar-refractivity contribution in [2.24, 2.45) is 5.92 Å². The minimum absolute atomic E-state index is 0.0365. The molecular weight excluding hydrogens is 332 g/mol. The Bertz CT molecular complexity index is 657. The highest BCUT2D eigenvalue weighted by Gasteiger charge is 2.32. The van der Waals surface area contributed by atoms with Gasteiger partial charge in [0.15, 0.2) is 6.29 Å². The monoisotopic (exact) mass is 350 g/mol. The van der Waals surface area contributed by atoms with Crippen molar-refractivity contribution in [3.8, 4) is 10.6 Å². The third kappa shape index (κ3) is 3.19. The summed E-state index contributed by atoms with van der Waals surface area (Å²) < 4.78 is 11.2. The van der Waals surface area contributed by atoms with Crippen LogP contribution < -0.4 is 0 Å². The maximum absolute atomic E-state index is 12.6. The number of likely N-dealkylation sites (tertiary alicyclic amines) is 1. The first kappa shape index (κ1) is 15.3. The van der Waals surface area contributed by atoms with Gasteiger partial charge in [-0.05, 0) is 24.3 Å². The van der Waals surface area contributed by atoms with Crippen molar-refractivity contribution < 1.29 is 14.3 Å². The van der Waals surface area contributed by atoms with Gasteiger partial charge in [0.1, 0.15) is 10.7 Å². The number of thiazole rings is 1. The van der Waals surface area contributed by atoms with Crippen molar-refractivity contribution in [2.75, 3.05) is 26.3 Å². The third-order valence-corrected chi connectivity index (χ3v) is 5.93. The minimum atomic E-state index is -0.0725. The molecule has 0 aromatic carbocycles. The molecule has 0 spiro atoms. The Hall–Kier alpha value is -1.28. The zero-order chi connectivity index (χ0) is 15.6. The molecule has 0 unspecified atom stereocenters. The summed E-state index contributed by atoms with van der Waals surface area (Å²) in [6, 6.07) is 2.03. The van der Waals surface area contributed by atoms with Crippen LogP contribution in [-0.4, -0.2) is 48.4 Å². The average Bonchev–Trinajstić information content (AvgIpc) is 3.36. The fraction of sp³-hybridized carbons (Fsp3) is 0.500. The molecule has 4 rings (SSSR count). The molecule has 0 N–H and O–H groups in total. The van der Waals surface area contributed by atoms with E-state index in [0.29, 0.717) is 24.8 Å². The van der Waals surface area contributed by atoms with Crippen LogP contribution in [0, 0.1) is 5.92 Å². The largest absolute Gasteiger partial charge is 0.350 e. The SMILES string of the molecule is O=C(c1csc(-c2ccsc2)n1)N1CCC(C2OCCO2)CC1. The van der Waals surface area contributed by atoms with E-state index in [4.69, 9.17) is 9.47 Å². The topological polar surface area (TPSA) is 51.7 Å². The third-order valence-electron chi connectivity index (χ3n) is 4.35. The lowest BCUT2D eigenvalue weighted by Gasteiger charge is -2.33. The Labute approximate surface area is 142 Å². The van der Waals surface area contributed by atoms with E-state index in [-0.39, 0.29) is 12.2 Å². The number of piperidine rings is 1. The standard InChI is InChI=1S/C16H18N2O3S2/c19-15(13-10-23-14(17-13)12-3-8-22-9-12)18-4-1-11(2-5-18)16-20-6-7-21-16/h3,8-11,16H,1-2,4-7H2. The van der Waals surface area contributed by atoms with Crippen LogP contribution in [0.3, 0.4) is 0 Å². The van der Waals surface area contributed by atoms with Crippen LogP contribution >= 0.6 is 22.7 Å². The molecule has 0 bridgehead atoms. The van der Waals surface area contributed by atoms with E-state index in [1.165, 1.54) is 11.3 Å². The molecule has 0 atom stereocenters. The highest BCUT2D eigenvalue weighted by Crippen LogP contribution is 2.29. The first-order valence-corrected chi connectivity index (χ1v) is 9.64. The molecule has 4 heterocycles. The van der Waals surface area contributed by atoms with Crippen molar-refractivity contribution in [1.82, 2.24) is 9.88 Å². The number of carbonyl (C=O) groups excluding carboxylic acids is 1. The van der Waals surface area contributed by atoms with Gasteiger partial charge in [-0.2, -0.15) is 11.3 Å². The molecule has 2 aromatic heterocycles. The summed E-state index contributed by atoms with van der Waals surface area (Å²) in [5.41, 5.74) is 1.65. The van der Waals surface area contributed by atoms with Crippen LogP contribution in [0.15, 0.2) is 22.2 Å². The van der Waals surface area contributed by atoms with Gasteiger partial charge in [0.05, 0.1) is 13.2 Å².